The van der Waals surface area contributed by atoms with E-state index in [2.05, 4.69) is 10.5 Å². The molecule has 0 rings (SSSR count). The number of hydrogen-bond donors (Lipinski definition) is 1. The molecule has 0 aliphatic rings. The fourth-order valence-electron chi connectivity index (χ4n) is 0.492. The van der Waals surface area contributed by atoms with Gasteiger partial charge in [-0.15, -0.1) is 0 Å². The topological polar surface area (TPSA) is 41.5 Å². The first kappa shape index (κ1) is 7.56. The van der Waals surface area contributed by atoms with Gasteiger partial charge in [0.1, 0.15) is 6.04 Å². The molecule has 0 bridgehead atoms. The number of nitrogens with one attached hydrogen (secondary N) is 1. The van der Waals surface area contributed by atoms with Crippen molar-refractivity contribution in [2.75, 3.05) is 13.6 Å². The fourth-order valence-corrected chi connectivity index (χ4v) is 0.492. The highest BCUT2D eigenvalue weighted by atomic mass is 16.3. The van der Waals surface area contributed by atoms with Gasteiger partial charge in [0.05, 0.1) is 0 Å². The van der Waals surface area contributed by atoms with Crippen molar-refractivity contribution in [2.45, 2.75) is 19.4 Å². The zero-order valence-corrected chi connectivity index (χ0v) is 5.35. The number of likely N-dealkylation sites (N-methyl/N-ethyl adjacent to an activating group) is 1. The van der Waals surface area contributed by atoms with Crippen molar-refractivity contribution in [3.8, 4) is 0 Å². The van der Waals surface area contributed by atoms with Crippen molar-refractivity contribution in [1.29, 1.82) is 0 Å². The molecule has 0 radical (unpaired) electrons. The third kappa shape index (κ3) is 2.69. The molecule has 0 spiro atoms. The molecule has 3 heteroatoms. The summed E-state index contributed by atoms with van der Waals surface area (Å²) in [6.45, 7) is 2.64. The van der Waals surface area contributed by atoms with Crippen LogP contribution in [0.15, 0.2) is 5.18 Å². The molecule has 8 heavy (non-hydrogen) atoms. The first-order valence-corrected chi connectivity index (χ1v) is 2.82. The molecule has 0 aromatic heterocycles. The molecule has 48 valence electrons. The van der Waals surface area contributed by atoms with Crippen LogP contribution in [0.5, 0.6) is 0 Å². The molecule has 3 nitrogen and oxygen atoms in total. The van der Waals surface area contributed by atoms with Crippen LogP contribution >= 0.6 is 0 Å². The molecule has 0 aliphatic heterocycles. The first-order valence-electron chi connectivity index (χ1n) is 2.82. The van der Waals surface area contributed by atoms with Gasteiger partial charge in [0.2, 0.25) is 0 Å². The van der Waals surface area contributed by atoms with Crippen LogP contribution in [0.3, 0.4) is 0 Å². The predicted molar refractivity (Wildman–Crippen MR) is 33.8 cm³/mol. The largest absolute Gasteiger partial charge is 0.317 e. The smallest absolute Gasteiger partial charge is 0.104 e. The molecule has 0 saturated carbocycles. The lowest BCUT2D eigenvalue weighted by molar-refractivity contribution is 0.601. The Hall–Kier alpha value is -0.440. The maximum Gasteiger partial charge on any atom is 0.104 e. The van der Waals surface area contributed by atoms with E-state index in [9.17, 15) is 4.91 Å². The minimum Gasteiger partial charge on any atom is -0.317 e. The van der Waals surface area contributed by atoms with Crippen LogP contribution in [-0.2, 0) is 0 Å². The molecule has 0 aromatic carbocycles. The highest BCUT2D eigenvalue weighted by Gasteiger charge is 2.00. The molecule has 1 atom stereocenters. The van der Waals surface area contributed by atoms with E-state index in [1.807, 2.05) is 14.0 Å². The van der Waals surface area contributed by atoms with Gasteiger partial charge in [0.25, 0.3) is 0 Å². The molecular formula is C5H12N2O. The van der Waals surface area contributed by atoms with Crippen molar-refractivity contribution in [3.05, 3.63) is 4.91 Å². The molecule has 0 amide bonds. The minimum absolute atomic E-state index is 0.0417. The molecule has 0 saturated heterocycles. The Morgan fingerprint density at radius 1 is 1.75 bits per heavy atom. The molecule has 1 N–H and O–H groups in total. The predicted octanol–water partition coefficient (Wildman–Crippen LogP) is 0.751. The summed E-state index contributed by atoms with van der Waals surface area (Å²) in [4.78, 5) is 9.84. The van der Waals surface area contributed by atoms with Crippen LogP contribution in [0, 0.1) is 4.91 Å². The van der Waals surface area contributed by atoms with Crippen LogP contribution < -0.4 is 5.32 Å². The molecule has 0 aromatic rings. The summed E-state index contributed by atoms with van der Waals surface area (Å²) in [6.07, 6.45) is 0.824. The average Bonchev–Trinajstić information content (AvgIpc) is 1.83. The van der Waals surface area contributed by atoms with E-state index in [1.54, 1.807) is 0 Å². The summed E-state index contributed by atoms with van der Waals surface area (Å²) in [5.41, 5.74) is 0. The quantitative estimate of drug-likeness (QED) is 0.551. The highest BCUT2D eigenvalue weighted by Crippen LogP contribution is 1.92. The number of hydrogen-bond acceptors (Lipinski definition) is 3. The molecule has 0 heterocycles. The summed E-state index contributed by atoms with van der Waals surface area (Å²) in [6, 6.07) is -0.0417. The standard InChI is InChI=1S/C5H12N2O/c1-3-5(7-8)4-6-2/h5-6H,3-4H2,1-2H3. The Balaban J connectivity index is 3.21. The van der Waals surface area contributed by atoms with Gasteiger partial charge in [-0.1, -0.05) is 12.1 Å². The maximum atomic E-state index is 9.84. The van der Waals surface area contributed by atoms with Crippen LogP contribution in [0.4, 0.5) is 0 Å². The van der Waals surface area contributed by atoms with E-state index < -0.39 is 0 Å². The molecule has 1 unspecified atom stereocenters. The van der Waals surface area contributed by atoms with E-state index in [0.29, 0.717) is 6.54 Å². The average molecular weight is 116 g/mol. The Morgan fingerprint density at radius 3 is 2.50 bits per heavy atom. The third-order valence-corrected chi connectivity index (χ3v) is 1.06. The van der Waals surface area contributed by atoms with Gasteiger partial charge in [-0.3, -0.25) is 0 Å². The number of rotatable bonds is 4. The van der Waals surface area contributed by atoms with E-state index in [1.165, 1.54) is 0 Å². The van der Waals surface area contributed by atoms with Gasteiger partial charge in [0, 0.05) is 6.54 Å². The minimum atomic E-state index is -0.0417. The lowest BCUT2D eigenvalue weighted by atomic mass is 10.2. The van der Waals surface area contributed by atoms with E-state index in [0.717, 1.165) is 6.42 Å². The summed E-state index contributed by atoms with van der Waals surface area (Å²) in [7, 11) is 1.81. The highest BCUT2D eigenvalue weighted by molar-refractivity contribution is 4.63. The lowest BCUT2D eigenvalue weighted by Crippen LogP contribution is -2.20. The van der Waals surface area contributed by atoms with E-state index >= 15 is 0 Å². The Labute approximate surface area is 49.4 Å². The molecule has 0 fully saturated rings. The third-order valence-electron chi connectivity index (χ3n) is 1.06. The normalized spacial score (nSPS) is 13.2. The van der Waals surface area contributed by atoms with E-state index in [-0.39, 0.29) is 6.04 Å². The van der Waals surface area contributed by atoms with E-state index in [4.69, 9.17) is 0 Å². The Bertz CT molecular complexity index is 65.4. The van der Waals surface area contributed by atoms with Gasteiger partial charge < -0.3 is 5.32 Å². The van der Waals surface area contributed by atoms with Crippen molar-refractivity contribution < 1.29 is 0 Å². The van der Waals surface area contributed by atoms with Crippen LogP contribution in [0.2, 0.25) is 0 Å². The monoisotopic (exact) mass is 116 g/mol. The first-order chi connectivity index (χ1) is 3.85. The summed E-state index contributed by atoms with van der Waals surface area (Å²) in [5, 5.41) is 5.76. The molecule has 0 aliphatic carbocycles. The van der Waals surface area contributed by atoms with Gasteiger partial charge in [0.15, 0.2) is 0 Å². The van der Waals surface area contributed by atoms with Crippen LogP contribution in [0.25, 0.3) is 0 Å². The second-order valence-corrected chi connectivity index (χ2v) is 1.73. The molecular weight excluding hydrogens is 104 g/mol. The van der Waals surface area contributed by atoms with Gasteiger partial charge >= 0.3 is 0 Å². The van der Waals surface area contributed by atoms with Gasteiger partial charge in [-0.05, 0) is 13.5 Å². The van der Waals surface area contributed by atoms with Crippen molar-refractivity contribution in [3.63, 3.8) is 0 Å². The van der Waals surface area contributed by atoms with Crippen molar-refractivity contribution in [1.82, 2.24) is 5.32 Å². The lowest BCUT2D eigenvalue weighted by Gasteiger charge is -2.01. The summed E-state index contributed by atoms with van der Waals surface area (Å²) in [5.74, 6) is 0. The van der Waals surface area contributed by atoms with Crippen LogP contribution in [0.1, 0.15) is 13.3 Å². The summed E-state index contributed by atoms with van der Waals surface area (Å²) < 4.78 is 0. The number of nitroso groups, excluding NO2 is 1. The van der Waals surface area contributed by atoms with Crippen molar-refractivity contribution in [2.24, 2.45) is 5.18 Å². The maximum absolute atomic E-state index is 9.84. The SMILES string of the molecule is CCC(CNC)N=O. The Kier molecular flexibility index (Phi) is 4.45. The second-order valence-electron chi connectivity index (χ2n) is 1.73. The zero-order chi connectivity index (χ0) is 6.41. The summed E-state index contributed by atoms with van der Waals surface area (Å²) >= 11 is 0. The fraction of sp³-hybridized carbons (Fsp3) is 1.00. The van der Waals surface area contributed by atoms with Gasteiger partial charge in [-0.25, -0.2) is 0 Å². The Morgan fingerprint density at radius 2 is 2.38 bits per heavy atom. The van der Waals surface area contributed by atoms with Crippen molar-refractivity contribution >= 4 is 0 Å². The number of nitrogens with zero attached hydrogens (tertiary/aromatic N) is 1. The second kappa shape index (κ2) is 4.71. The van der Waals surface area contributed by atoms with Gasteiger partial charge in [-0.2, -0.15) is 4.91 Å². The zero-order valence-electron chi connectivity index (χ0n) is 5.35. The van der Waals surface area contributed by atoms with Crippen LogP contribution in [-0.4, -0.2) is 19.6 Å².